The lowest BCUT2D eigenvalue weighted by molar-refractivity contribution is -0.134. The number of methoxy groups -OCH3 is 1. The smallest absolute Gasteiger partial charge is 0.328 e. The van der Waals surface area contributed by atoms with E-state index in [1.54, 1.807) is 18.4 Å². The Morgan fingerprint density at radius 1 is 0.857 bits per heavy atom. The number of ether oxygens (including phenoxy) is 1. The summed E-state index contributed by atoms with van der Waals surface area (Å²) in [7, 11) is 1.73. The molecule has 3 aromatic rings. The minimum Gasteiger partial charge on any atom is -0.495 e. The topological polar surface area (TPSA) is 204 Å². The summed E-state index contributed by atoms with van der Waals surface area (Å²) in [5.74, 6) is -4.09. The number of piperazine rings is 1. The maximum atomic E-state index is 9.55. The summed E-state index contributed by atoms with van der Waals surface area (Å²) in [5.41, 5.74) is 8.67. The number of hydrogen-bond donors (Lipinski definition) is 5. The molecule has 1 aliphatic heterocycles. The lowest BCUT2D eigenvalue weighted by Crippen LogP contribution is -2.48. The van der Waals surface area contributed by atoms with Gasteiger partial charge in [-0.15, -0.1) is 11.3 Å². The van der Waals surface area contributed by atoms with Gasteiger partial charge in [0.05, 0.1) is 29.1 Å². The molecule has 1 aliphatic rings. The highest BCUT2D eigenvalue weighted by Crippen LogP contribution is 2.29. The lowest BCUT2D eigenvalue weighted by atomic mass is 10.2. The second-order valence-corrected chi connectivity index (χ2v) is 9.67. The number of rotatable bonds is 9. The van der Waals surface area contributed by atoms with Crippen LogP contribution in [0, 0.1) is 0 Å². The maximum Gasteiger partial charge on any atom is 0.328 e. The Balaban J connectivity index is 0.000000319. The Morgan fingerprint density at radius 3 is 1.86 bits per heavy atom. The van der Waals surface area contributed by atoms with Crippen LogP contribution in [-0.4, -0.2) is 94.0 Å². The Kier molecular flexibility index (Phi) is 13.6. The summed E-state index contributed by atoms with van der Waals surface area (Å²) < 4.78 is 6.70. The van der Waals surface area contributed by atoms with E-state index in [1.807, 2.05) is 30.3 Å². The van der Waals surface area contributed by atoms with Crippen LogP contribution in [0.15, 0.2) is 72.8 Å². The van der Waals surface area contributed by atoms with Gasteiger partial charge in [-0.05, 0) is 24.3 Å². The molecule has 1 aromatic heterocycles. The second kappa shape index (κ2) is 17.1. The molecular weight excluding hydrogens is 568 g/mol. The average Bonchev–Trinajstić information content (AvgIpc) is 3.41. The second-order valence-electron chi connectivity index (χ2n) is 8.61. The zero-order chi connectivity index (χ0) is 31.1. The molecule has 1 unspecified atom stereocenters. The third-order valence-electron chi connectivity index (χ3n) is 5.62. The summed E-state index contributed by atoms with van der Waals surface area (Å²) in [6.07, 6.45) is 2.23. The Morgan fingerprint density at radius 2 is 1.36 bits per heavy atom. The van der Waals surface area contributed by atoms with Crippen LogP contribution in [0.3, 0.4) is 0 Å². The standard InChI is InChI=1S/C20H24N4OS.2C4H4O4/c1-25-18-8-4-3-7-17(18)24-12-10-23(11-13-24)14-15(21)20-22-16-6-2-5-9-19(16)26-20;2*5-3(6)1-2-4(7)8/h2-9,15H,10-14,21H2,1H3;2*1-2H,(H,5,6)(H,7,8)/b;2*2-1+. The Labute approximate surface area is 245 Å². The predicted molar refractivity (Wildman–Crippen MR) is 157 cm³/mol. The number of nitrogens with zero attached hydrogens (tertiary/aromatic N) is 3. The van der Waals surface area contributed by atoms with Crippen LogP contribution in [0.5, 0.6) is 5.75 Å². The van der Waals surface area contributed by atoms with Gasteiger partial charge in [0, 0.05) is 57.0 Å². The lowest BCUT2D eigenvalue weighted by Gasteiger charge is -2.37. The molecule has 1 atom stereocenters. The molecule has 2 aromatic carbocycles. The van der Waals surface area contributed by atoms with Gasteiger partial charge in [0.25, 0.3) is 0 Å². The third kappa shape index (κ3) is 11.8. The third-order valence-corrected chi connectivity index (χ3v) is 6.79. The molecule has 0 spiro atoms. The van der Waals surface area contributed by atoms with Crippen LogP contribution in [0.4, 0.5) is 5.69 Å². The monoisotopic (exact) mass is 600 g/mol. The summed E-state index contributed by atoms with van der Waals surface area (Å²) in [6, 6.07) is 16.4. The van der Waals surface area contributed by atoms with Crippen molar-refractivity contribution in [2.45, 2.75) is 6.04 Å². The van der Waals surface area contributed by atoms with E-state index < -0.39 is 23.9 Å². The van der Waals surface area contributed by atoms with Gasteiger partial charge in [-0.1, -0.05) is 24.3 Å². The van der Waals surface area contributed by atoms with E-state index in [-0.39, 0.29) is 6.04 Å². The first kappa shape index (κ1) is 33.4. The molecular formula is C28H32N4O9S. The van der Waals surface area contributed by atoms with Crippen LogP contribution in [0.25, 0.3) is 10.2 Å². The van der Waals surface area contributed by atoms with E-state index in [4.69, 9.17) is 35.9 Å². The summed E-state index contributed by atoms with van der Waals surface area (Å²) in [5, 5.41) is 32.3. The molecule has 4 rings (SSSR count). The first-order chi connectivity index (χ1) is 20.0. The largest absolute Gasteiger partial charge is 0.495 e. The Bertz CT molecular complexity index is 1320. The van der Waals surface area contributed by atoms with Gasteiger partial charge in [-0.3, -0.25) is 4.90 Å². The first-order valence-corrected chi connectivity index (χ1v) is 13.3. The van der Waals surface area contributed by atoms with Gasteiger partial charge >= 0.3 is 23.9 Å². The molecule has 224 valence electrons. The summed E-state index contributed by atoms with van der Waals surface area (Å²) >= 11 is 1.71. The van der Waals surface area contributed by atoms with Gasteiger partial charge in [-0.2, -0.15) is 0 Å². The number of para-hydroxylation sites is 3. The SMILES string of the molecule is COc1ccccc1N1CCN(CC(N)c2nc3ccccc3s2)CC1.O=C(O)/C=C/C(=O)O.O=C(O)/C=C/C(=O)O. The van der Waals surface area contributed by atoms with Crippen molar-refractivity contribution in [2.24, 2.45) is 5.73 Å². The maximum absolute atomic E-state index is 9.55. The highest BCUT2D eigenvalue weighted by atomic mass is 32.1. The normalized spacial score (nSPS) is 14.0. The number of fused-ring (bicyclic) bond motifs is 1. The van der Waals surface area contributed by atoms with Gasteiger partial charge in [0.2, 0.25) is 0 Å². The summed E-state index contributed by atoms with van der Waals surface area (Å²) in [4.78, 5) is 47.7. The van der Waals surface area contributed by atoms with Crippen molar-refractivity contribution in [3.05, 3.63) is 77.8 Å². The number of carboxylic acid groups (broad SMARTS) is 4. The molecule has 14 heteroatoms. The molecule has 1 fully saturated rings. The molecule has 0 saturated carbocycles. The Hall–Kier alpha value is -4.79. The fraction of sp³-hybridized carbons (Fsp3) is 0.250. The van der Waals surface area contributed by atoms with Crippen LogP contribution >= 0.6 is 11.3 Å². The first-order valence-electron chi connectivity index (χ1n) is 12.5. The number of aliphatic carboxylic acids is 4. The number of carboxylic acids is 4. The van der Waals surface area contributed by atoms with E-state index >= 15 is 0 Å². The molecule has 0 bridgehead atoms. The minimum absolute atomic E-state index is 0.0368. The highest BCUT2D eigenvalue weighted by molar-refractivity contribution is 7.18. The van der Waals surface area contributed by atoms with Crippen molar-refractivity contribution in [2.75, 3.05) is 44.7 Å². The number of hydrogen-bond acceptors (Lipinski definition) is 10. The van der Waals surface area contributed by atoms with Crippen molar-refractivity contribution in [1.29, 1.82) is 0 Å². The molecule has 0 aliphatic carbocycles. The van der Waals surface area contributed by atoms with E-state index in [0.717, 1.165) is 49.0 Å². The van der Waals surface area contributed by atoms with Gasteiger partial charge in [0.15, 0.2) is 0 Å². The van der Waals surface area contributed by atoms with E-state index in [2.05, 4.69) is 28.0 Å². The fourth-order valence-corrected chi connectivity index (χ4v) is 4.71. The van der Waals surface area contributed by atoms with Crippen LogP contribution in [0.1, 0.15) is 11.0 Å². The quantitative estimate of drug-likeness (QED) is 0.224. The molecule has 0 amide bonds. The molecule has 6 N–H and O–H groups in total. The van der Waals surface area contributed by atoms with Gasteiger partial charge in [0.1, 0.15) is 10.8 Å². The minimum atomic E-state index is -1.26. The summed E-state index contributed by atoms with van der Waals surface area (Å²) in [6.45, 7) is 4.80. The highest BCUT2D eigenvalue weighted by Gasteiger charge is 2.22. The number of benzene rings is 2. The average molecular weight is 601 g/mol. The zero-order valence-electron chi connectivity index (χ0n) is 22.7. The number of thiazole rings is 1. The van der Waals surface area contributed by atoms with Crippen molar-refractivity contribution < 1.29 is 44.3 Å². The van der Waals surface area contributed by atoms with Crippen molar-refractivity contribution in [1.82, 2.24) is 9.88 Å². The number of anilines is 1. The molecule has 13 nitrogen and oxygen atoms in total. The van der Waals surface area contributed by atoms with Gasteiger partial charge in [-0.25, -0.2) is 24.2 Å². The number of nitrogens with two attached hydrogens (primary N) is 1. The van der Waals surface area contributed by atoms with Crippen LogP contribution in [-0.2, 0) is 19.2 Å². The fourth-order valence-electron chi connectivity index (χ4n) is 3.75. The zero-order valence-corrected chi connectivity index (χ0v) is 23.5. The van der Waals surface area contributed by atoms with Crippen molar-refractivity contribution in [3.63, 3.8) is 0 Å². The van der Waals surface area contributed by atoms with Crippen LogP contribution < -0.4 is 15.4 Å². The molecule has 2 heterocycles. The van der Waals surface area contributed by atoms with Crippen LogP contribution in [0.2, 0.25) is 0 Å². The molecule has 42 heavy (non-hydrogen) atoms. The van der Waals surface area contributed by atoms with E-state index in [0.29, 0.717) is 24.3 Å². The van der Waals surface area contributed by atoms with E-state index in [9.17, 15) is 19.2 Å². The molecule has 0 radical (unpaired) electrons. The number of aromatic nitrogens is 1. The number of carbonyl (C=O) groups is 4. The van der Waals surface area contributed by atoms with E-state index in [1.165, 1.54) is 10.4 Å². The predicted octanol–water partition coefficient (Wildman–Crippen LogP) is 2.55. The van der Waals surface area contributed by atoms with Gasteiger partial charge < -0.3 is 35.8 Å². The van der Waals surface area contributed by atoms with Crippen molar-refractivity contribution >= 4 is 51.1 Å². The van der Waals surface area contributed by atoms with Crippen molar-refractivity contribution in [3.8, 4) is 5.75 Å². The molecule has 1 saturated heterocycles.